The lowest BCUT2D eigenvalue weighted by Gasteiger charge is -2.28. The van der Waals surface area contributed by atoms with E-state index in [1.807, 2.05) is 43.0 Å². The molecule has 3 N–H and O–H groups in total. The van der Waals surface area contributed by atoms with E-state index in [2.05, 4.69) is 20.7 Å². The standard InChI is InChI=1S/C21H24N6O3/c1-13-17(14(2)27-18(24-13)10-20(29)25-27)9-19(28)23-11-15-3-5-16(6-4-15)26-8-7-22-21(30)12-26/h3-6,10H,7-9,11-12H2,1-2H3,(H,22,30)(H,23,28)(H,25,29). The monoisotopic (exact) mass is 408 g/mol. The third-order valence-corrected chi connectivity index (χ3v) is 5.37. The van der Waals surface area contributed by atoms with Crippen LogP contribution in [0.4, 0.5) is 5.69 Å². The van der Waals surface area contributed by atoms with E-state index < -0.39 is 0 Å². The minimum absolute atomic E-state index is 0.0276. The first-order chi connectivity index (χ1) is 14.4. The highest BCUT2D eigenvalue weighted by Crippen LogP contribution is 2.17. The largest absolute Gasteiger partial charge is 0.360 e. The zero-order chi connectivity index (χ0) is 21.3. The summed E-state index contributed by atoms with van der Waals surface area (Å²) < 4.78 is 1.61. The van der Waals surface area contributed by atoms with Crippen molar-refractivity contribution in [3.05, 3.63) is 63.2 Å². The van der Waals surface area contributed by atoms with Crippen LogP contribution in [0, 0.1) is 13.8 Å². The van der Waals surface area contributed by atoms with Crippen molar-refractivity contribution in [1.82, 2.24) is 25.2 Å². The Labute approximate surface area is 173 Å². The number of aryl methyl sites for hydroxylation is 2. The highest BCUT2D eigenvalue weighted by molar-refractivity contribution is 5.82. The molecule has 4 rings (SSSR count). The van der Waals surface area contributed by atoms with Crippen LogP contribution in [0.3, 0.4) is 0 Å². The zero-order valence-corrected chi connectivity index (χ0v) is 17.0. The van der Waals surface area contributed by atoms with E-state index in [0.717, 1.165) is 34.7 Å². The van der Waals surface area contributed by atoms with E-state index in [1.54, 1.807) is 4.52 Å². The molecule has 0 bridgehead atoms. The second-order valence-electron chi connectivity index (χ2n) is 7.47. The van der Waals surface area contributed by atoms with E-state index in [0.29, 0.717) is 25.3 Å². The number of nitrogens with zero attached hydrogens (tertiary/aromatic N) is 3. The molecule has 3 heterocycles. The number of carbonyl (C=O) groups excluding carboxylic acids is 2. The van der Waals surface area contributed by atoms with Gasteiger partial charge in [-0.2, -0.15) is 0 Å². The number of piperazine rings is 1. The summed E-state index contributed by atoms with van der Waals surface area (Å²) in [5.41, 5.74) is 4.62. The van der Waals surface area contributed by atoms with E-state index in [9.17, 15) is 14.4 Å². The fourth-order valence-corrected chi connectivity index (χ4v) is 3.72. The van der Waals surface area contributed by atoms with Gasteiger partial charge in [0.05, 0.1) is 13.0 Å². The average molecular weight is 408 g/mol. The highest BCUT2D eigenvalue weighted by atomic mass is 16.2. The molecular formula is C21H24N6O3. The Morgan fingerprint density at radius 1 is 1.20 bits per heavy atom. The minimum Gasteiger partial charge on any atom is -0.360 e. The molecule has 0 spiro atoms. The molecule has 0 saturated carbocycles. The third kappa shape index (κ3) is 4.05. The summed E-state index contributed by atoms with van der Waals surface area (Å²) in [5, 5.41) is 8.45. The van der Waals surface area contributed by atoms with Crippen LogP contribution >= 0.6 is 0 Å². The Kier molecular flexibility index (Phi) is 5.26. The fraction of sp³-hybridized carbons (Fsp3) is 0.333. The van der Waals surface area contributed by atoms with Crippen LogP contribution in [-0.2, 0) is 22.6 Å². The van der Waals surface area contributed by atoms with Crippen LogP contribution in [0.5, 0.6) is 0 Å². The lowest BCUT2D eigenvalue weighted by atomic mass is 10.1. The molecule has 9 nitrogen and oxygen atoms in total. The second-order valence-corrected chi connectivity index (χ2v) is 7.47. The number of H-pyrrole nitrogens is 1. The molecule has 0 unspecified atom stereocenters. The Morgan fingerprint density at radius 3 is 2.70 bits per heavy atom. The molecule has 1 fully saturated rings. The minimum atomic E-state index is -0.222. The maximum atomic E-state index is 12.5. The Balaban J connectivity index is 1.39. The quantitative estimate of drug-likeness (QED) is 0.567. The number of benzene rings is 1. The predicted molar refractivity (Wildman–Crippen MR) is 113 cm³/mol. The number of aromatic nitrogens is 3. The number of amides is 2. The van der Waals surface area contributed by atoms with Crippen LogP contribution in [0.15, 0.2) is 35.1 Å². The van der Waals surface area contributed by atoms with E-state index in [4.69, 9.17) is 0 Å². The maximum absolute atomic E-state index is 12.5. The van der Waals surface area contributed by atoms with Gasteiger partial charge in [-0.3, -0.25) is 19.5 Å². The second kappa shape index (κ2) is 8.02. The van der Waals surface area contributed by atoms with Crippen LogP contribution in [0.25, 0.3) is 5.65 Å². The predicted octanol–water partition coefficient (Wildman–Crippen LogP) is 0.435. The topological polar surface area (TPSA) is 112 Å². The van der Waals surface area contributed by atoms with Gasteiger partial charge in [0.1, 0.15) is 0 Å². The lowest BCUT2D eigenvalue weighted by Crippen LogP contribution is -2.47. The van der Waals surface area contributed by atoms with Gasteiger partial charge in [0.2, 0.25) is 11.8 Å². The summed E-state index contributed by atoms with van der Waals surface area (Å²) >= 11 is 0. The number of nitrogens with one attached hydrogen (secondary N) is 3. The lowest BCUT2D eigenvalue weighted by molar-refractivity contribution is -0.121. The number of hydrogen-bond acceptors (Lipinski definition) is 5. The molecule has 1 aliphatic heterocycles. The molecule has 0 radical (unpaired) electrons. The average Bonchev–Trinajstić information content (AvgIpc) is 3.10. The first-order valence-electron chi connectivity index (χ1n) is 9.86. The third-order valence-electron chi connectivity index (χ3n) is 5.37. The zero-order valence-electron chi connectivity index (χ0n) is 17.0. The van der Waals surface area contributed by atoms with Crippen LogP contribution in [0.2, 0.25) is 0 Å². The Bertz CT molecular complexity index is 1160. The number of hydrogen-bond donors (Lipinski definition) is 3. The summed E-state index contributed by atoms with van der Waals surface area (Å²) in [4.78, 5) is 42.1. The number of aromatic amines is 1. The number of rotatable bonds is 5. The molecule has 156 valence electrons. The van der Waals surface area contributed by atoms with Crippen LogP contribution in [-0.4, -0.2) is 46.0 Å². The number of fused-ring (bicyclic) bond motifs is 1. The van der Waals surface area contributed by atoms with Gasteiger partial charge in [0.15, 0.2) is 5.65 Å². The van der Waals surface area contributed by atoms with Gasteiger partial charge in [0.25, 0.3) is 5.56 Å². The SMILES string of the molecule is Cc1nc2cc(=O)[nH]n2c(C)c1CC(=O)NCc1ccc(N2CCNC(=O)C2)cc1. The van der Waals surface area contributed by atoms with E-state index >= 15 is 0 Å². The molecule has 2 aromatic heterocycles. The van der Waals surface area contributed by atoms with E-state index in [1.165, 1.54) is 6.07 Å². The van der Waals surface area contributed by atoms with Gasteiger partial charge in [0, 0.05) is 48.3 Å². The van der Waals surface area contributed by atoms with Crippen LogP contribution < -0.4 is 21.1 Å². The van der Waals surface area contributed by atoms with Crippen molar-refractivity contribution in [2.75, 3.05) is 24.5 Å². The Morgan fingerprint density at radius 2 is 1.97 bits per heavy atom. The molecular weight excluding hydrogens is 384 g/mol. The first kappa shape index (κ1) is 19.7. The number of anilines is 1. The van der Waals surface area contributed by atoms with Gasteiger partial charge < -0.3 is 15.5 Å². The maximum Gasteiger partial charge on any atom is 0.266 e. The van der Waals surface area contributed by atoms with Gasteiger partial charge in [-0.05, 0) is 31.5 Å². The van der Waals surface area contributed by atoms with Crippen molar-refractivity contribution < 1.29 is 9.59 Å². The van der Waals surface area contributed by atoms with Crippen molar-refractivity contribution in [2.24, 2.45) is 0 Å². The van der Waals surface area contributed by atoms with E-state index in [-0.39, 0.29) is 23.8 Å². The Hall–Kier alpha value is -3.62. The van der Waals surface area contributed by atoms with Gasteiger partial charge in [-0.1, -0.05) is 12.1 Å². The summed E-state index contributed by atoms with van der Waals surface area (Å²) in [6, 6.07) is 9.28. The highest BCUT2D eigenvalue weighted by Gasteiger charge is 2.17. The summed E-state index contributed by atoms with van der Waals surface area (Å²) in [6.45, 7) is 5.90. The summed E-state index contributed by atoms with van der Waals surface area (Å²) in [5.74, 6) is -0.0894. The van der Waals surface area contributed by atoms with Crippen molar-refractivity contribution in [3.63, 3.8) is 0 Å². The molecule has 0 atom stereocenters. The number of carbonyl (C=O) groups is 2. The first-order valence-corrected chi connectivity index (χ1v) is 9.86. The molecule has 9 heteroatoms. The molecule has 3 aromatic rings. The van der Waals surface area contributed by atoms with Gasteiger partial charge in [-0.25, -0.2) is 9.50 Å². The molecule has 2 amide bonds. The van der Waals surface area contributed by atoms with Crippen molar-refractivity contribution in [2.45, 2.75) is 26.8 Å². The van der Waals surface area contributed by atoms with Crippen molar-refractivity contribution in [3.8, 4) is 0 Å². The summed E-state index contributed by atoms with van der Waals surface area (Å²) in [6.07, 6.45) is 0.182. The van der Waals surface area contributed by atoms with Gasteiger partial charge in [-0.15, -0.1) is 0 Å². The molecule has 0 aliphatic carbocycles. The van der Waals surface area contributed by atoms with Crippen molar-refractivity contribution >= 4 is 23.1 Å². The van der Waals surface area contributed by atoms with Crippen LogP contribution in [0.1, 0.15) is 22.5 Å². The fourth-order valence-electron chi connectivity index (χ4n) is 3.72. The summed E-state index contributed by atoms with van der Waals surface area (Å²) in [7, 11) is 0. The smallest absolute Gasteiger partial charge is 0.266 e. The normalized spacial score (nSPS) is 14.1. The molecule has 1 aromatic carbocycles. The van der Waals surface area contributed by atoms with Gasteiger partial charge >= 0.3 is 0 Å². The molecule has 1 saturated heterocycles. The van der Waals surface area contributed by atoms with Crippen molar-refractivity contribution in [1.29, 1.82) is 0 Å². The molecule has 1 aliphatic rings. The molecule has 30 heavy (non-hydrogen) atoms.